The number of fused-ring (bicyclic) bond motifs is 14. The Hall–Kier alpha value is -7.48. The summed E-state index contributed by atoms with van der Waals surface area (Å²) in [5, 5.41) is 5.37. The largest absolute Gasteiger partial charge is 0.310 e. The first-order valence-electron chi connectivity index (χ1n) is 24.8. The van der Waals surface area contributed by atoms with Gasteiger partial charge in [0.1, 0.15) is 0 Å². The van der Waals surface area contributed by atoms with Crippen LogP contribution in [0.15, 0.2) is 200 Å². The maximum absolute atomic E-state index is 2.62. The highest BCUT2D eigenvalue weighted by atomic mass is 15.1. The van der Waals surface area contributed by atoms with Gasteiger partial charge in [0.15, 0.2) is 0 Å². The normalized spacial score (nSPS) is 16.0. The molecule has 0 saturated carbocycles. The van der Waals surface area contributed by atoms with Crippen molar-refractivity contribution in [1.82, 2.24) is 0 Å². The fraction of sp³-hybridized carbons (Fsp3) is 0.176. The number of hydrogen-bond acceptors (Lipinski definition) is 1. The van der Waals surface area contributed by atoms with Gasteiger partial charge >= 0.3 is 0 Å². The van der Waals surface area contributed by atoms with Crippen LogP contribution >= 0.6 is 0 Å². The molecule has 3 aliphatic rings. The Balaban J connectivity index is 1.13. The van der Waals surface area contributed by atoms with Crippen LogP contribution in [-0.2, 0) is 21.7 Å². The zero-order chi connectivity index (χ0) is 47.2. The lowest BCUT2D eigenvalue weighted by molar-refractivity contribution is 0.592. The molecule has 0 fully saturated rings. The lowest BCUT2D eigenvalue weighted by atomic mass is 9.59. The molecule has 0 aliphatic heterocycles. The summed E-state index contributed by atoms with van der Waals surface area (Å²) in [6.07, 6.45) is 0. The molecule has 10 aromatic carbocycles. The summed E-state index contributed by atoms with van der Waals surface area (Å²) < 4.78 is 0. The van der Waals surface area contributed by atoms with Crippen LogP contribution in [0.4, 0.5) is 17.1 Å². The van der Waals surface area contributed by atoms with Crippen molar-refractivity contribution in [3.63, 3.8) is 0 Å². The predicted octanol–water partition coefficient (Wildman–Crippen LogP) is 18.4. The highest BCUT2D eigenvalue weighted by Crippen LogP contribution is 2.64. The summed E-state index contributed by atoms with van der Waals surface area (Å²) in [6, 6.07) is 76.7. The average molecular weight is 888 g/mol. The third kappa shape index (κ3) is 5.83. The maximum atomic E-state index is 2.62. The van der Waals surface area contributed by atoms with Gasteiger partial charge in [-0.15, -0.1) is 0 Å². The van der Waals surface area contributed by atoms with Crippen LogP contribution in [0.1, 0.15) is 99.9 Å². The van der Waals surface area contributed by atoms with Crippen LogP contribution < -0.4 is 4.90 Å². The molecule has 1 spiro atoms. The van der Waals surface area contributed by atoms with Gasteiger partial charge in [0.25, 0.3) is 0 Å². The molecule has 0 amide bonds. The van der Waals surface area contributed by atoms with Gasteiger partial charge in [0.2, 0.25) is 0 Å². The molecule has 10 aromatic rings. The molecular formula is C68H57N. The fourth-order valence-electron chi connectivity index (χ4n) is 13.0. The van der Waals surface area contributed by atoms with Crippen LogP contribution in [0.2, 0.25) is 0 Å². The zero-order valence-corrected chi connectivity index (χ0v) is 41.0. The van der Waals surface area contributed by atoms with E-state index in [-0.39, 0.29) is 16.2 Å². The second-order valence-electron chi connectivity index (χ2n) is 22.5. The zero-order valence-electron chi connectivity index (χ0n) is 41.0. The van der Waals surface area contributed by atoms with Crippen molar-refractivity contribution in [3.05, 3.63) is 245 Å². The molecule has 0 bridgehead atoms. The van der Waals surface area contributed by atoms with E-state index >= 15 is 0 Å². The molecule has 0 N–H and O–H groups in total. The molecule has 0 radical (unpaired) electrons. The first kappa shape index (κ1) is 41.7. The fourth-order valence-corrected chi connectivity index (χ4v) is 13.0. The molecule has 3 aliphatic carbocycles. The summed E-state index contributed by atoms with van der Waals surface area (Å²) in [4.78, 5) is 2.52. The first-order chi connectivity index (χ1) is 33.3. The number of anilines is 3. The van der Waals surface area contributed by atoms with Crippen LogP contribution in [0.25, 0.3) is 66.1 Å². The van der Waals surface area contributed by atoms with E-state index in [2.05, 4.69) is 260 Å². The van der Waals surface area contributed by atoms with Crippen molar-refractivity contribution in [2.24, 2.45) is 0 Å². The molecule has 0 saturated heterocycles. The SMILES string of the molecule is CC(C)(C)c1cc2c(c3ccccc13)-c1cccc3c(C(C)(C)C)ccc(c13)C21c2ccccc2-c2ccc(N(c3ccc(-c4ccccc4)cc3)c3ccc4c(c3)C(C)(C)c3ccccc3-4)cc21. The van der Waals surface area contributed by atoms with Crippen molar-refractivity contribution in [2.45, 2.75) is 77.0 Å². The molecule has 1 unspecified atom stereocenters. The maximum Gasteiger partial charge on any atom is 0.0726 e. The van der Waals surface area contributed by atoms with E-state index in [1.165, 1.54) is 111 Å². The second-order valence-corrected chi connectivity index (χ2v) is 22.5. The van der Waals surface area contributed by atoms with Gasteiger partial charge in [-0.25, -0.2) is 0 Å². The molecule has 1 heteroatoms. The highest BCUT2D eigenvalue weighted by Gasteiger charge is 2.51. The lowest BCUT2D eigenvalue weighted by Crippen LogP contribution is -2.33. The molecular weight excluding hydrogens is 831 g/mol. The van der Waals surface area contributed by atoms with Gasteiger partial charge in [0.05, 0.1) is 5.41 Å². The molecule has 69 heavy (non-hydrogen) atoms. The third-order valence-corrected chi connectivity index (χ3v) is 16.1. The van der Waals surface area contributed by atoms with Gasteiger partial charge in [-0.05, 0) is 158 Å². The number of rotatable bonds is 4. The van der Waals surface area contributed by atoms with Crippen molar-refractivity contribution in [2.75, 3.05) is 4.90 Å². The lowest BCUT2D eigenvalue weighted by Gasteiger charge is -2.42. The molecule has 0 heterocycles. The quantitative estimate of drug-likeness (QED) is 0.170. The Bertz CT molecular complexity index is 3760. The van der Waals surface area contributed by atoms with Gasteiger partial charge in [-0.1, -0.05) is 219 Å². The average Bonchev–Trinajstić information content (AvgIpc) is 3.77. The van der Waals surface area contributed by atoms with E-state index in [9.17, 15) is 0 Å². The van der Waals surface area contributed by atoms with Crippen molar-refractivity contribution < 1.29 is 0 Å². The summed E-state index contributed by atoms with van der Waals surface area (Å²) in [7, 11) is 0. The number of nitrogens with zero attached hydrogens (tertiary/aromatic N) is 1. The van der Waals surface area contributed by atoms with Crippen LogP contribution in [0.5, 0.6) is 0 Å². The second kappa shape index (κ2) is 14.5. The minimum atomic E-state index is -0.616. The Morgan fingerprint density at radius 1 is 0.333 bits per heavy atom. The summed E-state index contributed by atoms with van der Waals surface area (Å²) in [6.45, 7) is 19.0. The first-order valence-corrected chi connectivity index (χ1v) is 24.8. The van der Waals surface area contributed by atoms with Crippen LogP contribution in [0.3, 0.4) is 0 Å². The van der Waals surface area contributed by atoms with E-state index in [0.29, 0.717) is 0 Å². The van der Waals surface area contributed by atoms with E-state index in [1.54, 1.807) is 0 Å². The van der Waals surface area contributed by atoms with Gasteiger partial charge in [-0.3, -0.25) is 0 Å². The predicted molar refractivity (Wildman–Crippen MR) is 293 cm³/mol. The minimum absolute atomic E-state index is 0.0518. The minimum Gasteiger partial charge on any atom is -0.310 e. The molecule has 13 rings (SSSR count). The number of benzene rings is 10. The summed E-state index contributed by atoms with van der Waals surface area (Å²) in [5.74, 6) is 0. The Morgan fingerprint density at radius 2 is 0.855 bits per heavy atom. The van der Waals surface area contributed by atoms with Gasteiger partial charge < -0.3 is 4.90 Å². The van der Waals surface area contributed by atoms with Crippen molar-refractivity contribution >= 4 is 38.6 Å². The van der Waals surface area contributed by atoms with Crippen molar-refractivity contribution in [3.8, 4) is 44.5 Å². The van der Waals surface area contributed by atoms with E-state index < -0.39 is 5.41 Å². The van der Waals surface area contributed by atoms with E-state index in [1.807, 2.05) is 0 Å². The summed E-state index contributed by atoms with van der Waals surface area (Å²) >= 11 is 0. The van der Waals surface area contributed by atoms with Gasteiger partial charge in [0, 0.05) is 22.5 Å². The Morgan fingerprint density at radius 3 is 1.55 bits per heavy atom. The molecule has 1 atom stereocenters. The van der Waals surface area contributed by atoms with Crippen LogP contribution in [0, 0.1) is 0 Å². The molecule has 334 valence electrons. The smallest absolute Gasteiger partial charge is 0.0726 e. The Kier molecular flexibility index (Phi) is 8.77. The van der Waals surface area contributed by atoms with Crippen molar-refractivity contribution in [1.29, 1.82) is 0 Å². The number of hydrogen-bond donors (Lipinski definition) is 0. The molecule has 0 aromatic heterocycles. The third-order valence-electron chi connectivity index (χ3n) is 16.1. The standard InChI is InChI=1S/C68H57N/c1-65(2,3)55-37-38-58-64-53(55)25-18-26-54(64)63-52-24-13-12-23-49(52)59(66(4,5)6)41-62(63)68(58)57-28-17-15-22-48(57)51-36-34-46(40-61(51)68)69(44-31-29-43(30-32-44)42-19-10-9-11-20-42)45-33-35-50-47-21-14-16-27-56(47)67(7,8)60(50)39-45/h9-41H,1-8H3. The summed E-state index contributed by atoms with van der Waals surface area (Å²) in [5.41, 5.74) is 23.8. The highest BCUT2D eigenvalue weighted by molar-refractivity contribution is 6.15. The van der Waals surface area contributed by atoms with E-state index in [4.69, 9.17) is 0 Å². The van der Waals surface area contributed by atoms with Crippen LogP contribution in [-0.4, -0.2) is 0 Å². The van der Waals surface area contributed by atoms with Gasteiger partial charge in [-0.2, -0.15) is 0 Å². The topological polar surface area (TPSA) is 3.24 Å². The molecule has 1 nitrogen and oxygen atoms in total. The Labute approximate surface area is 407 Å². The monoisotopic (exact) mass is 887 g/mol. The van der Waals surface area contributed by atoms with E-state index in [0.717, 1.165) is 17.1 Å².